The number of benzene rings is 1. The minimum absolute atomic E-state index is 0.119. The van der Waals surface area contributed by atoms with Crippen LogP contribution in [-0.4, -0.2) is 44.8 Å². The van der Waals surface area contributed by atoms with Crippen LogP contribution in [-0.2, 0) is 4.79 Å². The number of carbonyl (C=O) groups is 1. The monoisotopic (exact) mass is 249 g/mol. The molecule has 0 fully saturated rings. The second-order valence-electron chi connectivity index (χ2n) is 4.72. The van der Waals surface area contributed by atoms with Gasteiger partial charge in [0.05, 0.1) is 17.3 Å². The molecule has 1 unspecified atom stereocenters. The molecule has 5 nitrogen and oxygen atoms in total. The number of carboxylic acid groups (broad SMARTS) is 1. The Hall–Kier alpha value is -1.75. The number of anilines is 2. The van der Waals surface area contributed by atoms with Gasteiger partial charge in [-0.3, -0.25) is 4.79 Å². The molecule has 1 heterocycles. The van der Waals surface area contributed by atoms with Gasteiger partial charge in [0.25, 0.3) is 0 Å². The van der Waals surface area contributed by atoms with Gasteiger partial charge in [0, 0.05) is 33.7 Å². The molecule has 1 aliphatic rings. The molecule has 0 radical (unpaired) electrons. The van der Waals surface area contributed by atoms with Gasteiger partial charge in [-0.25, -0.2) is 0 Å². The molecule has 98 valence electrons. The van der Waals surface area contributed by atoms with E-state index in [0.29, 0.717) is 0 Å². The van der Waals surface area contributed by atoms with E-state index >= 15 is 0 Å². The SMILES string of the molecule is CN1CCN(C)c2cc(C(CN)C(=O)O)ccc21. The molecule has 18 heavy (non-hydrogen) atoms. The summed E-state index contributed by atoms with van der Waals surface area (Å²) < 4.78 is 0. The van der Waals surface area contributed by atoms with Crippen LogP contribution < -0.4 is 15.5 Å². The lowest BCUT2D eigenvalue weighted by molar-refractivity contribution is -0.138. The molecule has 0 spiro atoms. The van der Waals surface area contributed by atoms with Crippen molar-refractivity contribution in [3.05, 3.63) is 23.8 Å². The van der Waals surface area contributed by atoms with E-state index in [9.17, 15) is 4.79 Å². The lowest BCUT2D eigenvalue weighted by atomic mass is 9.97. The normalized spacial score (nSPS) is 16.4. The average Bonchev–Trinajstić information content (AvgIpc) is 2.34. The number of fused-ring (bicyclic) bond motifs is 1. The van der Waals surface area contributed by atoms with E-state index in [4.69, 9.17) is 10.8 Å². The highest BCUT2D eigenvalue weighted by Crippen LogP contribution is 2.34. The lowest BCUT2D eigenvalue weighted by Gasteiger charge is -2.35. The molecule has 1 atom stereocenters. The summed E-state index contributed by atoms with van der Waals surface area (Å²) in [5, 5.41) is 9.14. The summed E-state index contributed by atoms with van der Waals surface area (Å²) in [4.78, 5) is 15.5. The van der Waals surface area contributed by atoms with Crippen molar-refractivity contribution >= 4 is 17.3 Å². The van der Waals surface area contributed by atoms with E-state index in [-0.39, 0.29) is 6.54 Å². The molecule has 0 amide bonds. The molecule has 0 bridgehead atoms. The summed E-state index contributed by atoms with van der Waals surface area (Å²) >= 11 is 0. The van der Waals surface area contributed by atoms with Gasteiger partial charge in [0.2, 0.25) is 0 Å². The summed E-state index contributed by atoms with van der Waals surface area (Å²) in [5.41, 5.74) is 8.51. The van der Waals surface area contributed by atoms with Crippen molar-refractivity contribution in [1.29, 1.82) is 0 Å². The van der Waals surface area contributed by atoms with Crippen LogP contribution in [0.4, 0.5) is 11.4 Å². The van der Waals surface area contributed by atoms with Gasteiger partial charge >= 0.3 is 5.97 Å². The van der Waals surface area contributed by atoms with Gasteiger partial charge in [0.1, 0.15) is 0 Å². The number of hydrogen-bond donors (Lipinski definition) is 2. The molecule has 0 saturated carbocycles. The van der Waals surface area contributed by atoms with E-state index in [1.807, 2.05) is 32.3 Å². The van der Waals surface area contributed by atoms with Crippen LogP contribution in [0.5, 0.6) is 0 Å². The number of likely N-dealkylation sites (N-methyl/N-ethyl adjacent to an activating group) is 2. The number of nitrogens with zero attached hydrogens (tertiary/aromatic N) is 2. The fourth-order valence-electron chi connectivity index (χ4n) is 2.31. The molecule has 0 aliphatic carbocycles. The van der Waals surface area contributed by atoms with Crippen molar-refractivity contribution in [2.45, 2.75) is 5.92 Å². The Morgan fingerprint density at radius 2 is 1.94 bits per heavy atom. The van der Waals surface area contributed by atoms with Crippen molar-refractivity contribution in [3.63, 3.8) is 0 Å². The Labute approximate surface area is 107 Å². The molecule has 0 saturated heterocycles. The summed E-state index contributed by atoms with van der Waals surface area (Å²) in [6.07, 6.45) is 0. The van der Waals surface area contributed by atoms with Crippen LogP contribution in [0.1, 0.15) is 11.5 Å². The minimum Gasteiger partial charge on any atom is -0.481 e. The van der Waals surface area contributed by atoms with Gasteiger partial charge in [-0.1, -0.05) is 6.07 Å². The second kappa shape index (κ2) is 4.86. The topological polar surface area (TPSA) is 69.8 Å². The standard InChI is InChI=1S/C13H19N3O2/c1-15-5-6-16(2)12-7-9(3-4-11(12)15)10(8-14)13(17)18/h3-4,7,10H,5-6,8,14H2,1-2H3,(H,17,18). The van der Waals surface area contributed by atoms with E-state index < -0.39 is 11.9 Å². The van der Waals surface area contributed by atoms with Crippen molar-refractivity contribution in [2.24, 2.45) is 5.73 Å². The predicted molar refractivity (Wildman–Crippen MR) is 72.4 cm³/mol. The summed E-state index contributed by atoms with van der Waals surface area (Å²) in [5.74, 6) is -1.50. The van der Waals surface area contributed by atoms with E-state index in [1.54, 1.807) is 0 Å². The highest BCUT2D eigenvalue weighted by atomic mass is 16.4. The van der Waals surface area contributed by atoms with Crippen LogP contribution in [0.25, 0.3) is 0 Å². The van der Waals surface area contributed by atoms with Crippen LogP contribution in [0.3, 0.4) is 0 Å². The maximum Gasteiger partial charge on any atom is 0.312 e. The van der Waals surface area contributed by atoms with Crippen molar-refractivity contribution < 1.29 is 9.90 Å². The maximum atomic E-state index is 11.1. The second-order valence-corrected chi connectivity index (χ2v) is 4.72. The molecule has 0 aromatic heterocycles. The number of aliphatic carboxylic acids is 1. The first kappa shape index (κ1) is 12.7. The molecule has 1 aromatic carbocycles. The van der Waals surface area contributed by atoms with Crippen LogP contribution in [0.2, 0.25) is 0 Å². The zero-order valence-electron chi connectivity index (χ0n) is 10.8. The predicted octanol–water partition coefficient (Wildman–Crippen LogP) is 0.700. The molecular weight excluding hydrogens is 230 g/mol. The van der Waals surface area contributed by atoms with Crippen LogP contribution >= 0.6 is 0 Å². The van der Waals surface area contributed by atoms with Crippen LogP contribution in [0.15, 0.2) is 18.2 Å². The smallest absolute Gasteiger partial charge is 0.312 e. The van der Waals surface area contributed by atoms with Gasteiger partial charge in [-0.15, -0.1) is 0 Å². The zero-order valence-corrected chi connectivity index (χ0v) is 10.8. The fraction of sp³-hybridized carbons (Fsp3) is 0.462. The van der Waals surface area contributed by atoms with Crippen molar-refractivity contribution in [1.82, 2.24) is 0 Å². The Kier molecular flexibility index (Phi) is 3.43. The first-order chi connectivity index (χ1) is 8.54. The molecule has 5 heteroatoms. The van der Waals surface area contributed by atoms with E-state index in [2.05, 4.69) is 9.80 Å². The van der Waals surface area contributed by atoms with Gasteiger partial charge < -0.3 is 20.6 Å². The first-order valence-electron chi connectivity index (χ1n) is 6.03. The summed E-state index contributed by atoms with van der Waals surface area (Å²) in [6, 6.07) is 5.78. The van der Waals surface area contributed by atoms with Gasteiger partial charge in [0.15, 0.2) is 0 Å². The van der Waals surface area contributed by atoms with Gasteiger partial charge in [-0.05, 0) is 17.7 Å². The van der Waals surface area contributed by atoms with E-state index in [0.717, 1.165) is 30.0 Å². The highest BCUT2D eigenvalue weighted by Gasteiger charge is 2.22. The highest BCUT2D eigenvalue weighted by molar-refractivity contribution is 5.80. The molecule has 2 rings (SSSR count). The number of rotatable bonds is 3. The molecule has 3 N–H and O–H groups in total. The molecular formula is C13H19N3O2. The third-order valence-corrected chi connectivity index (χ3v) is 3.53. The average molecular weight is 249 g/mol. The third-order valence-electron chi connectivity index (χ3n) is 3.53. The van der Waals surface area contributed by atoms with Crippen LogP contribution in [0, 0.1) is 0 Å². The first-order valence-corrected chi connectivity index (χ1v) is 6.03. The summed E-state index contributed by atoms with van der Waals surface area (Å²) in [6.45, 7) is 2.03. The Bertz CT molecular complexity index is 462. The van der Waals surface area contributed by atoms with Crippen molar-refractivity contribution in [2.75, 3.05) is 43.5 Å². The Balaban J connectivity index is 2.42. The molecule has 1 aliphatic heterocycles. The fourth-order valence-corrected chi connectivity index (χ4v) is 2.31. The minimum atomic E-state index is -0.871. The third kappa shape index (κ3) is 2.13. The number of nitrogens with two attached hydrogens (primary N) is 1. The molecule has 1 aromatic rings. The Morgan fingerprint density at radius 1 is 1.33 bits per heavy atom. The number of carboxylic acids is 1. The lowest BCUT2D eigenvalue weighted by Crippen LogP contribution is -2.37. The zero-order chi connectivity index (χ0) is 13.3. The number of hydrogen-bond acceptors (Lipinski definition) is 4. The Morgan fingerprint density at radius 3 is 2.50 bits per heavy atom. The van der Waals surface area contributed by atoms with Crippen molar-refractivity contribution in [3.8, 4) is 0 Å². The largest absolute Gasteiger partial charge is 0.481 e. The van der Waals surface area contributed by atoms with E-state index in [1.165, 1.54) is 0 Å². The van der Waals surface area contributed by atoms with Gasteiger partial charge in [-0.2, -0.15) is 0 Å². The summed E-state index contributed by atoms with van der Waals surface area (Å²) in [7, 11) is 4.07. The maximum absolute atomic E-state index is 11.1. The quantitative estimate of drug-likeness (QED) is 0.825.